The molecular weight excluding hydrogens is 316 g/mol. The molecule has 0 radical (unpaired) electrons. The minimum atomic E-state index is -0.540. The fourth-order valence-corrected chi connectivity index (χ4v) is 2.00. The van der Waals surface area contributed by atoms with E-state index in [1.54, 1.807) is 25.1 Å². The fourth-order valence-electron chi connectivity index (χ4n) is 1.61. The predicted molar refractivity (Wildman–Crippen MR) is 82.4 cm³/mol. The van der Waals surface area contributed by atoms with Gasteiger partial charge in [-0.05, 0) is 43.3 Å². The van der Waals surface area contributed by atoms with Crippen molar-refractivity contribution in [2.45, 2.75) is 13.0 Å². The van der Waals surface area contributed by atoms with Crippen LogP contribution in [0.2, 0.25) is 10.3 Å². The Kier molecular flexibility index (Phi) is 4.98. The molecule has 1 atom stereocenters. The topological polar surface area (TPSA) is 54.0 Å². The highest BCUT2D eigenvalue weighted by Gasteiger charge is 2.14. The van der Waals surface area contributed by atoms with Crippen LogP contribution < -0.4 is 10.6 Å². The van der Waals surface area contributed by atoms with E-state index in [-0.39, 0.29) is 22.0 Å². The molecule has 2 aromatic rings. The van der Waals surface area contributed by atoms with Gasteiger partial charge in [-0.3, -0.25) is 4.79 Å². The maximum absolute atomic E-state index is 12.8. The molecular formula is C14H12Cl2FN3O. The number of benzene rings is 1. The molecule has 0 fully saturated rings. The van der Waals surface area contributed by atoms with Crippen LogP contribution in [0.25, 0.3) is 0 Å². The van der Waals surface area contributed by atoms with Gasteiger partial charge in [0.15, 0.2) is 5.15 Å². The number of carbonyl (C=O) groups is 1. The Morgan fingerprint density at radius 2 is 1.86 bits per heavy atom. The largest absolute Gasteiger partial charge is 0.374 e. The molecule has 1 heterocycles. The van der Waals surface area contributed by atoms with Crippen molar-refractivity contribution in [3.8, 4) is 0 Å². The van der Waals surface area contributed by atoms with E-state index in [0.717, 1.165) is 0 Å². The number of nitrogens with zero attached hydrogens (tertiary/aromatic N) is 1. The van der Waals surface area contributed by atoms with Crippen LogP contribution in [0.1, 0.15) is 6.92 Å². The maximum Gasteiger partial charge on any atom is 0.246 e. The van der Waals surface area contributed by atoms with Gasteiger partial charge in [-0.1, -0.05) is 23.2 Å². The first kappa shape index (κ1) is 15.5. The Bertz CT molecular complexity index is 649. The van der Waals surface area contributed by atoms with E-state index in [2.05, 4.69) is 15.6 Å². The number of nitrogens with one attached hydrogen (secondary N) is 2. The van der Waals surface area contributed by atoms with E-state index in [1.165, 1.54) is 18.2 Å². The fraction of sp³-hybridized carbons (Fsp3) is 0.143. The van der Waals surface area contributed by atoms with Crippen LogP contribution in [-0.2, 0) is 4.79 Å². The summed E-state index contributed by atoms with van der Waals surface area (Å²) in [6.45, 7) is 1.68. The van der Waals surface area contributed by atoms with Gasteiger partial charge in [0.2, 0.25) is 5.91 Å². The SMILES string of the molecule is C[C@H](Nc1ccc(F)cc1)C(=O)Nc1ccc(Cl)nc1Cl. The molecule has 2 rings (SSSR count). The number of hydrogen-bond acceptors (Lipinski definition) is 3. The second-order valence-electron chi connectivity index (χ2n) is 4.33. The molecule has 0 spiro atoms. The van der Waals surface area contributed by atoms with Crippen molar-refractivity contribution >= 4 is 40.5 Å². The van der Waals surface area contributed by atoms with Crippen molar-refractivity contribution in [3.05, 3.63) is 52.5 Å². The molecule has 0 unspecified atom stereocenters. The first-order valence-corrected chi connectivity index (χ1v) is 6.86. The van der Waals surface area contributed by atoms with Gasteiger partial charge in [-0.25, -0.2) is 9.37 Å². The zero-order chi connectivity index (χ0) is 15.4. The second-order valence-corrected chi connectivity index (χ2v) is 5.08. The molecule has 1 aromatic carbocycles. The van der Waals surface area contributed by atoms with Crippen molar-refractivity contribution in [1.82, 2.24) is 4.98 Å². The number of aromatic nitrogens is 1. The maximum atomic E-state index is 12.8. The summed E-state index contributed by atoms with van der Waals surface area (Å²) in [5.41, 5.74) is 1.01. The summed E-state index contributed by atoms with van der Waals surface area (Å²) in [4.78, 5) is 15.9. The van der Waals surface area contributed by atoms with Crippen molar-refractivity contribution in [2.24, 2.45) is 0 Å². The molecule has 1 amide bonds. The summed E-state index contributed by atoms with van der Waals surface area (Å²) in [7, 11) is 0. The molecule has 0 aliphatic carbocycles. The van der Waals surface area contributed by atoms with Crippen molar-refractivity contribution < 1.29 is 9.18 Å². The van der Waals surface area contributed by atoms with E-state index < -0.39 is 6.04 Å². The molecule has 110 valence electrons. The molecule has 0 saturated heterocycles. The first-order valence-electron chi connectivity index (χ1n) is 6.11. The summed E-state index contributed by atoms with van der Waals surface area (Å²) in [6, 6.07) is 8.29. The molecule has 1 aromatic heterocycles. The molecule has 2 N–H and O–H groups in total. The van der Waals surface area contributed by atoms with Crippen molar-refractivity contribution in [1.29, 1.82) is 0 Å². The van der Waals surface area contributed by atoms with E-state index in [4.69, 9.17) is 23.2 Å². The Balaban J connectivity index is 2.00. The lowest BCUT2D eigenvalue weighted by molar-refractivity contribution is -0.116. The minimum absolute atomic E-state index is 0.116. The quantitative estimate of drug-likeness (QED) is 0.835. The third-order valence-corrected chi connectivity index (χ3v) is 3.19. The lowest BCUT2D eigenvalue weighted by Gasteiger charge is -2.15. The Hall–Kier alpha value is -1.85. The zero-order valence-electron chi connectivity index (χ0n) is 11.0. The average molecular weight is 328 g/mol. The van der Waals surface area contributed by atoms with Gasteiger partial charge in [-0.15, -0.1) is 0 Å². The van der Waals surface area contributed by atoms with Gasteiger partial charge < -0.3 is 10.6 Å². The molecule has 0 bridgehead atoms. The number of pyridine rings is 1. The first-order chi connectivity index (χ1) is 9.95. The van der Waals surface area contributed by atoms with E-state index in [0.29, 0.717) is 11.4 Å². The molecule has 21 heavy (non-hydrogen) atoms. The third kappa shape index (κ3) is 4.31. The third-order valence-electron chi connectivity index (χ3n) is 2.69. The Morgan fingerprint density at radius 1 is 1.19 bits per heavy atom. The Labute approximate surface area is 131 Å². The van der Waals surface area contributed by atoms with E-state index >= 15 is 0 Å². The van der Waals surface area contributed by atoms with Crippen LogP contribution in [-0.4, -0.2) is 16.9 Å². The number of carbonyl (C=O) groups excluding carboxylic acids is 1. The number of rotatable bonds is 4. The van der Waals surface area contributed by atoms with Crippen LogP contribution in [0.5, 0.6) is 0 Å². The number of anilines is 2. The van der Waals surface area contributed by atoms with Crippen LogP contribution in [0, 0.1) is 5.82 Å². The standard InChI is InChI=1S/C14H12Cl2FN3O/c1-8(18-10-4-2-9(17)3-5-10)14(21)19-11-6-7-12(15)20-13(11)16/h2-8,18H,1H3,(H,19,21)/t8-/m0/s1. The lowest BCUT2D eigenvalue weighted by atomic mass is 10.2. The summed E-state index contributed by atoms with van der Waals surface area (Å²) in [5, 5.41) is 5.95. The van der Waals surface area contributed by atoms with Gasteiger partial charge in [-0.2, -0.15) is 0 Å². The van der Waals surface area contributed by atoms with Gasteiger partial charge in [0.25, 0.3) is 0 Å². The van der Waals surface area contributed by atoms with Crippen LogP contribution >= 0.6 is 23.2 Å². The van der Waals surface area contributed by atoms with Crippen LogP contribution in [0.3, 0.4) is 0 Å². The van der Waals surface area contributed by atoms with E-state index in [9.17, 15) is 9.18 Å². The highest BCUT2D eigenvalue weighted by atomic mass is 35.5. The smallest absolute Gasteiger partial charge is 0.246 e. The number of hydrogen-bond donors (Lipinski definition) is 2. The number of halogens is 3. The van der Waals surface area contributed by atoms with Gasteiger partial charge >= 0.3 is 0 Å². The highest BCUT2D eigenvalue weighted by Crippen LogP contribution is 2.21. The monoisotopic (exact) mass is 327 g/mol. The summed E-state index contributed by atoms with van der Waals surface area (Å²) >= 11 is 11.6. The Morgan fingerprint density at radius 3 is 2.48 bits per heavy atom. The van der Waals surface area contributed by atoms with Gasteiger partial charge in [0.05, 0.1) is 5.69 Å². The van der Waals surface area contributed by atoms with Gasteiger partial charge in [0, 0.05) is 5.69 Å². The van der Waals surface area contributed by atoms with Gasteiger partial charge in [0.1, 0.15) is 17.0 Å². The lowest BCUT2D eigenvalue weighted by Crippen LogP contribution is -2.32. The molecule has 4 nitrogen and oxygen atoms in total. The van der Waals surface area contributed by atoms with Crippen molar-refractivity contribution in [3.63, 3.8) is 0 Å². The van der Waals surface area contributed by atoms with Crippen LogP contribution in [0.4, 0.5) is 15.8 Å². The average Bonchev–Trinajstić information content (AvgIpc) is 2.44. The highest BCUT2D eigenvalue weighted by molar-refractivity contribution is 6.34. The molecule has 0 aliphatic heterocycles. The normalized spacial score (nSPS) is 11.8. The molecule has 0 aliphatic rings. The zero-order valence-corrected chi connectivity index (χ0v) is 12.5. The molecule has 7 heteroatoms. The van der Waals surface area contributed by atoms with E-state index in [1.807, 2.05) is 0 Å². The predicted octanol–water partition coefficient (Wildman–Crippen LogP) is 3.97. The summed E-state index contributed by atoms with van der Waals surface area (Å²) in [6.07, 6.45) is 0. The molecule has 0 saturated carbocycles. The summed E-state index contributed by atoms with van der Waals surface area (Å²) < 4.78 is 12.8. The second kappa shape index (κ2) is 6.74. The number of amides is 1. The summed E-state index contributed by atoms with van der Waals surface area (Å²) in [5.74, 6) is -0.637. The van der Waals surface area contributed by atoms with Crippen LogP contribution in [0.15, 0.2) is 36.4 Å². The van der Waals surface area contributed by atoms with Crippen molar-refractivity contribution in [2.75, 3.05) is 10.6 Å². The minimum Gasteiger partial charge on any atom is -0.374 e.